The molecule has 0 aliphatic heterocycles. The second-order valence-corrected chi connectivity index (χ2v) is 4.50. The van der Waals surface area contributed by atoms with Gasteiger partial charge in [-0.3, -0.25) is 9.36 Å². The monoisotopic (exact) mass is 287 g/mol. The molecule has 2 rings (SSSR count). The van der Waals surface area contributed by atoms with E-state index in [1.54, 1.807) is 13.0 Å². The predicted molar refractivity (Wildman–Crippen MR) is 81.2 cm³/mol. The van der Waals surface area contributed by atoms with Gasteiger partial charge in [0, 0.05) is 17.8 Å². The molecule has 21 heavy (non-hydrogen) atoms. The van der Waals surface area contributed by atoms with Gasteiger partial charge in [-0.1, -0.05) is 6.58 Å². The summed E-state index contributed by atoms with van der Waals surface area (Å²) in [6, 6.07) is 1.61. The molecule has 0 unspecified atom stereocenters. The molecule has 0 aliphatic rings. The van der Waals surface area contributed by atoms with E-state index in [9.17, 15) is 4.79 Å². The van der Waals surface area contributed by atoms with Gasteiger partial charge in [0.05, 0.1) is 17.6 Å². The van der Waals surface area contributed by atoms with Crippen molar-refractivity contribution in [3.05, 3.63) is 40.6 Å². The third-order valence-electron chi connectivity index (χ3n) is 2.98. The summed E-state index contributed by atoms with van der Waals surface area (Å²) < 4.78 is 1.50. The second-order valence-electron chi connectivity index (χ2n) is 4.50. The SMILES string of the molecule is C=C(N)Nc1c(C(C)=N)cc(-c2cn[nH]n2)c(=O)n1CC. The highest BCUT2D eigenvalue weighted by atomic mass is 16.1. The van der Waals surface area contributed by atoms with Crippen LogP contribution in [0.15, 0.2) is 29.5 Å². The molecule has 110 valence electrons. The van der Waals surface area contributed by atoms with Crippen molar-refractivity contribution < 1.29 is 0 Å². The van der Waals surface area contributed by atoms with E-state index in [1.165, 1.54) is 10.8 Å². The van der Waals surface area contributed by atoms with Gasteiger partial charge < -0.3 is 16.5 Å². The van der Waals surface area contributed by atoms with Gasteiger partial charge in [0.25, 0.3) is 5.56 Å². The summed E-state index contributed by atoms with van der Waals surface area (Å²) in [7, 11) is 0. The quantitative estimate of drug-likeness (QED) is 0.607. The van der Waals surface area contributed by atoms with Crippen LogP contribution in [0.3, 0.4) is 0 Å². The first-order valence-corrected chi connectivity index (χ1v) is 6.36. The van der Waals surface area contributed by atoms with Crippen LogP contribution in [0.4, 0.5) is 5.82 Å². The minimum atomic E-state index is -0.236. The van der Waals surface area contributed by atoms with E-state index >= 15 is 0 Å². The van der Waals surface area contributed by atoms with Crippen LogP contribution in [0.5, 0.6) is 0 Å². The van der Waals surface area contributed by atoms with Gasteiger partial charge in [0.1, 0.15) is 11.5 Å². The van der Waals surface area contributed by atoms with Crippen molar-refractivity contribution in [1.82, 2.24) is 20.0 Å². The molecule has 0 atom stereocenters. The largest absolute Gasteiger partial charge is 0.386 e. The van der Waals surface area contributed by atoms with Crippen LogP contribution in [0.1, 0.15) is 19.4 Å². The molecule has 5 N–H and O–H groups in total. The van der Waals surface area contributed by atoms with Crippen molar-refractivity contribution in [2.45, 2.75) is 20.4 Å². The number of aromatic amines is 1. The molecular weight excluding hydrogens is 270 g/mol. The van der Waals surface area contributed by atoms with Crippen LogP contribution in [0, 0.1) is 5.41 Å². The van der Waals surface area contributed by atoms with Crippen LogP contribution in [-0.4, -0.2) is 25.7 Å². The Morgan fingerprint density at radius 2 is 2.33 bits per heavy atom. The molecule has 8 heteroatoms. The second kappa shape index (κ2) is 5.61. The zero-order chi connectivity index (χ0) is 15.6. The Bertz CT molecular complexity index is 743. The van der Waals surface area contributed by atoms with Crippen LogP contribution in [0.2, 0.25) is 0 Å². The van der Waals surface area contributed by atoms with Crippen LogP contribution >= 0.6 is 0 Å². The van der Waals surface area contributed by atoms with Gasteiger partial charge >= 0.3 is 0 Å². The lowest BCUT2D eigenvalue weighted by Crippen LogP contribution is -2.27. The summed E-state index contributed by atoms with van der Waals surface area (Å²) in [5.74, 6) is 0.656. The van der Waals surface area contributed by atoms with E-state index in [0.717, 1.165) is 0 Å². The Morgan fingerprint density at radius 3 is 2.81 bits per heavy atom. The molecule has 0 aromatic carbocycles. The maximum atomic E-state index is 12.6. The minimum Gasteiger partial charge on any atom is -0.386 e. The zero-order valence-electron chi connectivity index (χ0n) is 11.9. The highest BCUT2D eigenvalue weighted by Gasteiger charge is 2.17. The lowest BCUT2D eigenvalue weighted by molar-refractivity contribution is 0.735. The number of hydrogen-bond acceptors (Lipinski definition) is 6. The molecule has 8 nitrogen and oxygen atoms in total. The summed E-state index contributed by atoms with van der Waals surface area (Å²) in [4.78, 5) is 12.6. The highest BCUT2D eigenvalue weighted by molar-refractivity contribution is 6.01. The van der Waals surface area contributed by atoms with Crippen LogP contribution in [0.25, 0.3) is 11.3 Å². The number of hydrogen-bond donors (Lipinski definition) is 4. The molecule has 0 amide bonds. The van der Waals surface area contributed by atoms with E-state index in [0.29, 0.717) is 34.9 Å². The molecule has 0 saturated heterocycles. The molecule has 2 aromatic rings. The van der Waals surface area contributed by atoms with Crippen LogP contribution in [-0.2, 0) is 6.54 Å². The summed E-state index contributed by atoms with van der Waals surface area (Å²) in [6.07, 6.45) is 1.47. The van der Waals surface area contributed by atoms with E-state index < -0.39 is 0 Å². The number of nitrogens with zero attached hydrogens (tertiary/aromatic N) is 3. The Hall–Kier alpha value is -2.90. The molecule has 0 bridgehead atoms. The summed E-state index contributed by atoms with van der Waals surface area (Å²) >= 11 is 0. The minimum absolute atomic E-state index is 0.202. The normalized spacial score (nSPS) is 10.4. The fourth-order valence-electron chi connectivity index (χ4n) is 2.06. The molecule has 0 fully saturated rings. The number of rotatable bonds is 5. The number of nitrogens with one attached hydrogen (secondary N) is 3. The van der Waals surface area contributed by atoms with Crippen molar-refractivity contribution in [2.75, 3.05) is 5.32 Å². The van der Waals surface area contributed by atoms with E-state index in [-0.39, 0.29) is 11.4 Å². The molecular formula is C13H17N7O. The predicted octanol–water partition coefficient (Wildman–Crippen LogP) is 0.883. The molecule has 2 heterocycles. The van der Waals surface area contributed by atoms with Crippen molar-refractivity contribution >= 4 is 11.5 Å². The Kier molecular flexibility index (Phi) is 3.88. The van der Waals surface area contributed by atoms with Crippen LogP contribution < -0.4 is 16.6 Å². The van der Waals surface area contributed by atoms with Crippen molar-refractivity contribution in [3.63, 3.8) is 0 Å². The Morgan fingerprint density at radius 1 is 1.62 bits per heavy atom. The first-order chi connectivity index (χ1) is 9.95. The van der Waals surface area contributed by atoms with Crippen molar-refractivity contribution in [2.24, 2.45) is 5.73 Å². The highest BCUT2D eigenvalue weighted by Crippen LogP contribution is 2.21. The number of nitrogens with two attached hydrogens (primary N) is 1. The summed E-state index contributed by atoms with van der Waals surface area (Å²) in [5.41, 5.74) is 7.01. The maximum absolute atomic E-state index is 12.6. The van der Waals surface area contributed by atoms with Crippen molar-refractivity contribution in [3.8, 4) is 11.3 Å². The summed E-state index contributed by atoms with van der Waals surface area (Å²) in [6.45, 7) is 7.47. The lowest BCUT2D eigenvalue weighted by atomic mass is 10.1. The van der Waals surface area contributed by atoms with E-state index in [2.05, 4.69) is 27.3 Å². The molecule has 0 aliphatic carbocycles. The molecule has 2 aromatic heterocycles. The fraction of sp³-hybridized carbons (Fsp3) is 0.231. The van der Waals surface area contributed by atoms with Gasteiger partial charge in [-0.05, 0) is 19.9 Å². The zero-order valence-corrected chi connectivity index (χ0v) is 11.9. The molecule has 0 saturated carbocycles. The maximum Gasteiger partial charge on any atom is 0.261 e. The van der Waals surface area contributed by atoms with Gasteiger partial charge in [0.2, 0.25) is 0 Å². The molecule has 0 spiro atoms. The third-order valence-corrected chi connectivity index (χ3v) is 2.98. The van der Waals surface area contributed by atoms with Gasteiger partial charge in [-0.2, -0.15) is 15.4 Å². The average molecular weight is 287 g/mol. The first-order valence-electron chi connectivity index (χ1n) is 6.36. The Labute approximate surface area is 121 Å². The number of H-pyrrole nitrogens is 1. The Balaban J connectivity index is 2.78. The van der Waals surface area contributed by atoms with E-state index in [1.807, 2.05) is 6.92 Å². The lowest BCUT2D eigenvalue weighted by Gasteiger charge is -2.18. The van der Waals surface area contributed by atoms with E-state index in [4.69, 9.17) is 11.1 Å². The fourth-order valence-corrected chi connectivity index (χ4v) is 2.06. The number of pyridine rings is 1. The average Bonchev–Trinajstić information content (AvgIpc) is 2.92. The third kappa shape index (κ3) is 2.69. The van der Waals surface area contributed by atoms with Gasteiger partial charge in [-0.15, -0.1) is 0 Å². The topological polar surface area (TPSA) is 125 Å². The number of anilines is 1. The number of aromatic nitrogens is 4. The smallest absolute Gasteiger partial charge is 0.261 e. The standard InChI is InChI=1S/C13H17N7O/c1-4-20-12(17-8(3)15)9(7(2)14)5-10(13(20)21)11-6-16-19-18-11/h5-6,14,17H,3-4,15H2,1-2H3,(H,16,18,19). The van der Waals surface area contributed by atoms with Gasteiger partial charge in [0.15, 0.2) is 0 Å². The molecule has 0 radical (unpaired) electrons. The van der Waals surface area contributed by atoms with Crippen molar-refractivity contribution in [1.29, 1.82) is 5.41 Å². The first kappa shape index (κ1) is 14.5. The van der Waals surface area contributed by atoms with Gasteiger partial charge in [-0.25, -0.2) is 0 Å². The summed E-state index contributed by atoms with van der Waals surface area (Å²) in [5, 5.41) is 20.9.